The number of benzene rings is 1. The largest absolute Gasteiger partial charge is 0.409 e. The number of amidine groups is 1. The van der Waals surface area contributed by atoms with Gasteiger partial charge in [-0.15, -0.1) is 0 Å². The number of nitrogens with zero attached hydrogens (tertiary/aromatic N) is 1. The minimum Gasteiger partial charge on any atom is -0.409 e. The van der Waals surface area contributed by atoms with Crippen molar-refractivity contribution in [1.29, 1.82) is 0 Å². The summed E-state index contributed by atoms with van der Waals surface area (Å²) >= 11 is 0. The zero-order valence-corrected chi connectivity index (χ0v) is 12.9. The molecule has 0 amide bonds. The molecule has 6 nitrogen and oxygen atoms in total. The minimum absolute atomic E-state index is 0.114. The molecule has 0 atom stereocenters. The highest BCUT2D eigenvalue weighted by Crippen LogP contribution is 2.48. The van der Waals surface area contributed by atoms with Crippen LogP contribution in [0.4, 0.5) is 0 Å². The number of nitrogens with one attached hydrogen (secondary N) is 1. The summed E-state index contributed by atoms with van der Waals surface area (Å²) in [5.41, 5.74) is 6.70. The van der Waals surface area contributed by atoms with Crippen molar-refractivity contribution >= 4 is 15.7 Å². The SMILES string of the molecule is CS(=O)(=O)c1ccc(CNCC2(CC(N)=NO)CC2)cc1. The van der Waals surface area contributed by atoms with Crippen LogP contribution in [0.3, 0.4) is 0 Å². The first kappa shape index (κ1) is 15.8. The van der Waals surface area contributed by atoms with Gasteiger partial charge in [-0.2, -0.15) is 0 Å². The van der Waals surface area contributed by atoms with Crippen LogP contribution in [0, 0.1) is 5.41 Å². The molecule has 2 rings (SSSR count). The Kier molecular flexibility index (Phi) is 4.53. The van der Waals surface area contributed by atoms with Crippen molar-refractivity contribution in [2.24, 2.45) is 16.3 Å². The molecule has 1 fully saturated rings. The number of hydrogen-bond donors (Lipinski definition) is 3. The van der Waals surface area contributed by atoms with Crippen molar-refractivity contribution in [3.8, 4) is 0 Å². The van der Waals surface area contributed by atoms with Crippen LogP contribution in [0.2, 0.25) is 0 Å². The third-order valence-corrected chi connectivity index (χ3v) is 4.95. The van der Waals surface area contributed by atoms with Gasteiger partial charge in [0.2, 0.25) is 0 Å². The fourth-order valence-electron chi connectivity index (χ4n) is 2.34. The van der Waals surface area contributed by atoms with Crippen LogP contribution in [0.1, 0.15) is 24.8 Å². The number of oxime groups is 1. The Balaban J connectivity index is 1.84. The third-order valence-electron chi connectivity index (χ3n) is 3.82. The van der Waals surface area contributed by atoms with E-state index in [-0.39, 0.29) is 11.3 Å². The Hall–Kier alpha value is -1.60. The highest BCUT2D eigenvalue weighted by Gasteiger charge is 2.42. The van der Waals surface area contributed by atoms with E-state index in [0.717, 1.165) is 24.9 Å². The van der Waals surface area contributed by atoms with Gasteiger partial charge in [0.15, 0.2) is 9.84 Å². The number of nitrogens with two attached hydrogens (primary N) is 1. The van der Waals surface area contributed by atoms with Gasteiger partial charge in [0, 0.05) is 25.8 Å². The van der Waals surface area contributed by atoms with Gasteiger partial charge in [0.25, 0.3) is 0 Å². The van der Waals surface area contributed by atoms with Crippen molar-refractivity contribution in [2.75, 3.05) is 12.8 Å². The third kappa shape index (κ3) is 4.44. The normalized spacial score (nSPS) is 17.7. The second-order valence-electron chi connectivity index (χ2n) is 5.79. The van der Waals surface area contributed by atoms with E-state index in [1.54, 1.807) is 12.1 Å². The topological polar surface area (TPSA) is 105 Å². The molecule has 21 heavy (non-hydrogen) atoms. The quantitative estimate of drug-likeness (QED) is 0.303. The molecule has 1 aromatic carbocycles. The van der Waals surface area contributed by atoms with Crippen LogP contribution in [-0.4, -0.2) is 32.3 Å². The molecule has 116 valence electrons. The van der Waals surface area contributed by atoms with Gasteiger partial charge >= 0.3 is 0 Å². The van der Waals surface area contributed by atoms with E-state index in [4.69, 9.17) is 10.9 Å². The molecular weight excluding hydrogens is 290 g/mol. The Morgan fingerprint density at radius 2 is 2.00 bits per heavy atom. The first-order valence-electron chi connectivity index (χ1n) is 6.81. The van der Waals surface area contributed by atoms with Crippen LogP contribution in [-0.2, 0) is 16.4 Å². The summed E-state index contributed by atoms with van der Waals surface area (Å²) in [6.07, 6.45) is 3.94. The Morgan fingerprint density at radius 1 is 1.38 bits per heavy atom. The molecule has 1 aliphatic rings. The standard InChI is InChI=1S/C14H21N3O3S/c1-21(19,20)12-4-2-11(3-5-12)9-16-10-14(6-7-14)8-13(15)17-18/h2-5,16,18H,6-10H2,1H3,(H2,15,17). The van der Waals surface area contributed by atoms with Crippen LogP contribution >= 0.6 is 0 Å². The van der Waals surface area contributed by atoms with Gasteiger partial charge in [-0.1, -0.05) is 17.3 Å². The van der Waals surface area contributed by atoms with Crippen molar-refractivity contribution in [3.63, 3.8) is 0 Å². The molecule has 1 aromatic rings. The fraction of sp³-hybridized carbons (Fsp3) is 0.500. The van der Waals surface area contributed by atoms with E-state index in [2.05, 4.69) is 10.5 Å². The smallest absolute Gasteiger partial charge is 0.175 e. The second kappa shape index (κ2) is 6.03. The molecule has 7 heteroatoms. The lowest BCUT2D eigenvalue weighted by Gasteiger charge is -2.15. The average Bonchev–Trinajstić information content (AvgIpc) is 3.18. The summed E-state index contributed by atoms with van der Waals surface area (Å²) in [6.45, 7) is 1.47. The van der Waals surface area contributed by atoms with Gasteiger partial charge < -0.3 is 16.3 Å². The van der Waals surface area contributed by atoms with Gasteiger partial charge in [-0.3, -0.25) is 0 Å². The molecule has 0 unspecified atom stereocenters. The fourth-order valence-corrected chi connectivity index (χ4v) is 2.97. The van der Waals surface area contributed by atoms with E-state index in [1.165, 1.54) is 6.26 Å². The molecular formula is C14H21N3O3S. The van der Waals surface area contributed by atoms with Crippen molar-refractivity contribution in [3.05, 3.63) is 29.8 Å². The molecule has 0 saturated heterocycles. The van der Waals surface area contributed by atoms with E-state index in [1.807, 2.05) is 12.1 Å². The Labute approximate surface area is 125 Å². The van der Waals surface area contributed by atoms with Gasteiger partial charge in [-0.25, -0.2) is 8.42 Å². The lowest BCUT2D eigenvalue weighted by atomic mass is 10.0. The maximum atomic E-state index is 11.4. The van der Waals surface area contributed by atoms with Crippen LogP contribution in [0.25, 0.3) is 0 Å². The lowest BCUT2D eigenvalue weighted by molar-refractivity contribution is 0.314. The molecule has 0 bridgehead atoms. The molecule has 1 aliphatic carbocycles. The Bertz CT molecular complexity index is 619. The van der Waals surface area contributed by atoms with Crippen molar-refractivity contribution in [2.45, 2.75) is 30.7 Å². The van der Waals surface area contributed by atoms with E-state index < -0.39 is 9.84 Å². The summed E-state index contributed by atoms with van der Waals surface area (Å²) < 4.78 is 22.7. The summed E-state index contributed by atoms with van der Waals surface area (Å²) in [4.78, 5) is 0.330. The highest BCUT2D eigenvalue weighted by molar-refractivity contribution is 7.90. The van der Waals surface area contributed by atoms with Gasteiger partial charge in [0.1, 0.15) is 5.84 Å². The maximum Gasteiger partial charge on any atom is 0.175 e. The van der Waals surface area contributed by atoms with E-state index >= 15 is 0 Å². The molecule has 0 heterocycles. The monoisotopic (exact) mass is 311 g/mol. The second-order valence-corrected chi connectivity index (χ2v) is 7.80. The van der Waals surface area contributed by atoms with E-state index in [9.17, 15) is 8.42 Å². The highest BCUT2D eigenvalue weighted by atomic mass is 32.2. The number of sulfone groups is 1. The lowest BCUT2D eigenvalue weighted by Crippen LogP contribution is -2.28. The molecule has 0 radical (unpaired) electrons. The van der Waals surface area contributed by atoms with Crippen LogP contribution in [0.5, 0.6) is 0 Å². The summed E-state index contributed by atoms with van der Waals surface area (Å²) in [6, 6.07) is 6.87. The first-order valence-corrected chi connectivity index (χ1v) is 8.70. The summed E-state index contributed by atoms with van der Waals surface area (Å²) in [5.74, 6) is 0.270. The minimum atomic E-state index is -3.14. The summed E-state index contributed by atoms with van der Waals surface area (Å²) in [7, 11) is -3.14. The van der Waals surface area contributed by atoms with Crippen LogP contribution < -0.4 is 11.1 Å². The molecule has 0 spiro atoms. The zero-order valence-electron chi connectivity index (χ0n) is 12.0. The predicted molar refractivity (Wildman–Crippen MR) is 81.0 cm³/mol. The average molecular weight is 311 g/mol. The number of rotatable bonds is 7. The Morgan fingerprint density at radius 3 is 2.48 bits per heavy atom. The molecule has 4 N–H and O–H groups in total. The number of hydrogen-bond acceptors (Lipinski definition) is 5. The van der Waals surface area contributed by atoms with Crippen LogP contribution in [0.15, 0.2) is 34.3 Å². The maximum absolute atomic E-state index is 11.4. The van der Waals surface area contributed by atoms with Crippen molar-refractivity contribution < 1.29 is 13.6 Å². The van der Waals surface area contributed by atoms with Gasteiger partial charge in [0.05, 0.1) is 4.90 Å². The molecule has 1 saturated carbocycles. The molecule has 0 aromatic heterocycles. The first-order chi connectivity index (χ1) is 9.85. The molecule has 0 aliphatic heterocycles. The van der Waals surface area contributed by atoms with E-state index in [0.29, 0.717) is 17.9 Å². The zero-order chi connectivity index (χ0) is 15.5. The van der Waals surface area contributed by atoms with Crippen molar-refractivity contribution in [1.82, 2.24) is 5.32 Å². The summed E-state index contributed by atoms with van der Waals surface area (Å²) in [5, 5.41) is 15.0. The van der Waals surface area contributed by atoms with Gasteiger partial charge in [-0.05, 0) is 36.0 Å². The predicted octanol–water partition coefficient (Wildman–Crippen LogP) is 1.10.